The van der Waals surface area contributed by atoms with Crippen LogP contribution in [-0.2, 0) is 20.6 Å². The zero-order chi connectivity index (χ0) is 14.8. The Kier molecular flexibility index (Phi) is 5.12. The summed E-state index contributed by atoms with van der Waals surface area (Å²) in [5.41, 5.74) is 0.873. The highest BCUT2D eigenvalue weighted by Gasteiger charge is 2.29. The van der Waals surface area contributed by atoms with Gasteiger partial charge in [-0.1, -0.05) is 0 Å². The summed E-state index contributed by atoms with van der Waals surface area (Å²) in [7, 11) is -0.233. The van der Waals surface area contributed by atoms with Crippen LogP contribution in [0.3, 0.4) is 0 Å². The van der Waals surface area contributed by atoms with Gasteiger partial charge in [0.1, 0.15) is 4.90 Å². The van der Waals surface area contributed by atoms with Gasteiger partial charge >= 0.3 is 0 Å². The van der Waals surface area contributed by atoms with E-state index in [1.54, 1.807) is 26.4 Å². The Balaban J connectivity index is 2.16. The van der Waals surface area contributed by atoms with Crippen LogP contribution in [0.15, 0.2) is 17.2 Å². The molecule has 0 N–H and O–H groups in total. The van der Waals surface area contributed by atoms with Crippen molar-refractivity contribution in [2.24, 2.45) is 0 Å². The minimum atomic E-state index is -3.44. The third-order valence-electron chi connectivity index (χ3n) is 3.51. The minimum Gasteiger partial charge on any atom is -0.385 e. The molecule has 1 saturated carbocycles. The molecular weight excluding hydrogens is 300 g/mol. The van der Waals surface area contributed by atoms with Crippen molar-refractivity contribution in [3.63, 3.8) is 0 Å². The van der Waals surface area contributed by atoms with Gasteiger partial charge in [-0.2, -0.15) is 0 Å². The summed E-state index contributed by atoms with van der Waals surface area (Å²) in [4.78, 5) is 0.333. The van der Waals surface area contributed by atoms with Crippen molar-refractivity contribution in [3.05, 3.63) is 18.0 Å². The quantitative estimate of drug-likeness (QED) is 0.545. The van der Waals surface area contributed by atoms with Crippen molar-refractivity contribution < 1.29 is 13.2 Å². The Labute approximate surface area is 125 Å². The topological polar surface area (TPSA) is 51.5 Å². The monoisotopic (exact) mass is 320 g/mol. The second-order valence-electron chi connectivity index (χ2n) is 5.11. The van der Waals surface area contributed by atoms with Crippen LogP contribution in [0.1, 0.15) is 31.0 Å². The number of aromatic nitrogens is 1. The summed E-state index contributed by atoms with van der Waals surface area (Å²) in [6.07, 6.45) is 4.60. The molecule has 1 heterocycles. The van der Waals surface area contributed by atoms with Crippen molar-refractivity contribution >= 4 is 21.6 Å². The maximum Gasteiger partial charge on any atom is 0.244 e. The Morgan fingerprint density at radius 2 is 2.20 bits per heavy atom. The Bertz CT molecular complexity index is 552. The number of hydrogen-bond acceptors (Lipinski definition) is 3. The summed E-state index contributed by atoms with van der Waals surface area (Å²) >= 11 is 5.90. The predicted molar refractivity (Wildman–Crippen MR) is 78.6 cm³/mol. The third-order valence-corrected chi connectivity index (χ3v) is 5.61. The highest BCUT2D eigenvalue weighted by atomic mass is 35.5. The van der Waals surface area contributed by atoms with Gasteiger partial charge in [-0.05, 0) is 25.3 Å². The maximum absolute atomic E-state index is 12.5. The standard InChI is InChI=1S/C13H21ClN2O3S/c1-15(6-3-7-19-2)20(17,18)13-8-12(9-14)16(10-13)11-4-5-11/h8,10-11H,3-7,9H2,1-2H3. The molecule has 1 aromatic rings. The molecule has 1 aromatic heterocycles. The van der Waals surface area contributed by atoms with Crippen LogP contribution in [0, 0.1) is 0 Å². The summed E-state index contributed by atoms with van der Waals surface area (Å²) in [5.74, 6) is 0.333. The van der Waals surface area contributed by atoms with E-state index in [1.807, 2.05) is 4.57 Å². The fourth-order valence-corrected chi connectivity index (χ4v) is 3.65. The molecule has 114 valence electrons. The van der Waals surface area contributed by atoms with E-state index in [0.29, 0.717) is 36.4 Å². The molecule has 0 saturated heterocycles. The molecule has 0 aromatic carbocycles. The summed E-state index contributed by atoms with van der Waals surface area (Å²) in [6.45, 7) is 0.997. The number of rotatable bonds is 8. The highest BCUT2D eigenvalue weighted by Crippen LogP contribution is 2.37. The number of halogens is 1. The predicted octanol–water partition coefficient (Wildman–Crippen LogP) is 2.22. The molecule has 0 aliphatic heterocycles. The van der Waals surface area contributed by atoms with Crippen LogP contribution in [-0.4, -0.2) is 44.6 Å². The lowest BCUT2D eigenvalue weighted by Crippen LogP contribution is -2.28. The van der Waals surface area contributed by atoms with Crippen molar-refractivity contribution in [1.82, 2.24) is 8.87 Å². The Morgan fingerprint density at radius 1 is 1.50 bits per heavy atom. The smallest absolute Gasteiger partial charge is 0.244 e. The summed E-state index contributed by atoms with van der Waals surface area (Å²) < 4.78 is 33.3. The van der Waals surface area contributed by atoms with Gasteiger partial charge in [0.2, 0.25) is 10.0 Å². The Hall–Kier alpha value is -0.560. The van der Waals surface area contributed by atoms with E-state index in [4.69, 9.17) is 16.3 Å². The first-order valence-corrected chi connectivity index (χ1v) is 8.70. The normalized spacial score (nSPS) is 16.0. The first-order valence-electron chi connectivity index (χ1n) is 6.72. The van der Waals surface area contributed by atoms with Crippen molar-refractivity contribution in [2.75, 3.05) is 27.3 Å². The van der Waals surface area contributed by atoms with E-state index >= 15 is 0 Å². The second-order valence-corrected chi connectivity index (χ2v) is 7.42. The molecule has 2 rings (SSSR count). The summed E-state index contributed by atoms with van der Waals surface area (Å²) in [5, 5.41) is 0. The number of hydrogen-bond donors (Lipinski definition) is 0. The molecular formula is C13H21ClN2O3S. The van der Waals surface area contributed by atoms with Crippen molar-refractivity contribution in [2.45, 2.75) is 36.1 Å². The number of ether oxygens (including phenoxy) is 1. The number of alkyl halides is 1. The van der Waals surface area contributed by atoms with Gasteiger partial charge in [-0.25, -0.2) is 12.7 Å². The largest absolute Gasteiger partial charge is 0.385 e. The van der Waals surface area contributed by atoms with Crippen molar-refractivity contribution in [1.29, 1.82) is 0 Å². The van der Waals surface area contributed by atoms with Gasteiger partial charge < -0.3 is 9.30 Å². The van der Waals surface area contributed by atoms with Gasteiger partial charge in [0.15, 0.2) is 0 Å². The van der Waals surface area contributed by atoms with Gasteiger partial charge in [-0.15, -0.1) is 11.6 Å². The van der Waals surface area contributed by atoms with Gasteiger partial charge in [-0.3, -0.25) is 0 Å². The molecule has 0 amide bonds. The highest BCUT2D eigenvalue weighted by molar-refractivity contribution is 7.89. The van der Waals surface area contributed by atoms with Gasteiger partial charge in [0.05, 0.1) is 5.88 Å². The molecule has 1 aliphatic rings. The molecule has 7 heteroatoms. The van der Waals surface area contributed by atoms with E-state index < -0.39 is 10.0 Å². The maximum atomic E-state index is 12.5. The van der Waals surface area contributed by atoms with Gasteiger partial charge in [0, 0.05) is 45.2 Å². The van der Waals surface area contributed by atoms with Gasteiger partial charge in [0.25, 0.3) is 0 Å². The van der Waals surface area contributed by atoms with E-state index in [2.05, 4.69) is 0 Å². The third kappa shape index (κ3) is 3.36. The molecule has 0 atom stereocenters. The van der Waals surface area contributed by atoms with E-state index in [1.165, 1.54) is 4.31 Å². The summed E-state index contributed by atoms with van der Waals surface area (Å²) in [6, 6.07) is 2.11. The van der Waals surface area contributed by atoms with Crippen LogP contribution < -0.4 is 0 Å². The van der Waals surface area contributed by atoms with Crippen LogP contribution in [0.2, 0.25) is 0 Å². The van der Waals surface area contributed by atoms with Crippen LogP contribution in [0.25, 0.3) is 0 Å². The molecule has 0 radical (unpaired) electrons. The lowest BCUT2D eigenvalue weighted by atomic mass is 10.4. The average Bonchev–Trinajstić information content (AvgIpc) is 3.17. The number of methoxy groups -OCH3 is 1. The fourth-order valence-electron chi connectivity index (χ4n) is 2.17. The SMILES string of the molecule is COCCCN(C)S(=O)(=O)c1cc(CCl)n(C2CC2)c1. The molecule has 0 unspecified atom stereocenters. The molecule has 0 spiro atoms. The first-order chi connectivity index (χ1) is 9.50. The van der Waals surface area contributed by atoms with Crippen LogP contribution in [0.5, 0.6) is 0 Å². The van der Waals surface area contributed by atoms with Crippen LogP contribution in [0.4, 0.5) is 0 Å². The lowest BCUT2D eigenvalue weighted by molar-refractivity contribution is 0.189. The first kappa shape index (κ1) is 15.8. The lowest BCUT2D eigenvalue weighted by Gasteiger charge is -2.15. The fraction of sp³-hybridized carbons (Fsp3) is 0.692. The zero-order valence-electron chi connectivity index (χ0n) is 11.9. The van der Waals surface area contributed by atoms with E-state index in [9.17, 15) is 8.42 Å². The average molecular weight is 321 g/mol. The second kappa shape index (κ2) is 6.47. The van der Waals surface area contributed by atoms with Crippen LogP contribution >= 0.6 is 11.6 Å². The number of nitrogens with zero attached hydrogens (tertiary/aromatic N) is 2. The molecule has 20 heavy (non-hydrogen) atoms. The molecule has 5 nitrogen and oxygen atoms in total. The molecule has 0 bridgehead atoms. The zero-order valence-corrected chi connectivity index (χ0v) is 13.5. The molecule has 1 fully saturated rings. The van der Waals surface area contributed by atoms with Crippen molar-refractivity contribution in [3.8, 4) is 0 Å². The van der Waals surface area contributed by atoms with E-state index in [-0.39, 0.29) is 0 Å². The molecule has 1 aliphatic carbocycles. The number of sulfonamides is 1. The van der Waals surface area contributed by atoms with E-state index in [0.717, 1.165) is 18.5 Å². The minimum absolute atomic E-state index is 0.333. The Morgan fingerprint density at radius 3 is 2.75 bits per heavy atom.